The van der Waals surface area contributed by atoms with Gasteiger partial charge in [-0.05, 0) is 62.6 Å². The number of amides is 1. The molecule has 126 valence electrons. The monoisotopic (exact) mass is 387 g/mol. The predicted molar refractivity (Wildman–Crippen MR) is 104 cm³/mol. The number of nitrogens with zero attached hydrogens (tertiary/aromatic N) is 1. The van der Waals surface area contributed by atoms with Gasteiger partial charge in [-0.3, -0.25) is 4.79 Å². The molecule has 24 heavy (non-hydrogen) atoms. The average molecular weight is 388 g/mol. The molecule has 1 fully saturated rings. The number of halogens is 1. The summed E-state index contributed by atoms with van der Waals surface area (Å²) < 4.78 is 0.879. The first-order chi connectivity index (χ1) is 11.5. The number of nitrogens with two attached hydrogens (primary N) is 1. The van der Waals surface area contributed by atoms with Crippen LogP contribution in [0.1, 0.15) is 36.5 Å². The summed E-state index contributed by atoms with van der Waals surface area (Å²) in [6.45, 7) is 3.27. The normalized spacial score (nSPS) is 17.6. The van der Waals surface area contributed by atoms with E-state index in [4.69, 9.17) is 5.73 Å². The lowest BCUT2D eigenvalue weighted by atomic mass is 10.0. The molecule has 1 amide bonds. The molecule has 5 heteroatoms. The van der Waals surface area contributed by atoms with E-state index in [1.165, 1.54) is 19.3 Å². The summed E-state index contributed by atoms with van der Waals surface area (Å²) in [5.74, 6) is -0.144. The number of anilines is 3. The molecule has 1 saturated heterocycles. The molecule has 1 aliphatic rings. The minimum atomic E-state index is -0.144. The molecule has 1 aliphatic heterocycles. The second-order valence-corrected chi connectivity index (χ2v) is 7.19. The number of piperidine rings is 1. The Hall–Kier alpha value is -2.01. The summed E-state index contributed by atoms with van der Waals surface area (Å²) in [6.07, 6.45) is 3.67. The molecule has 1 unspecified atom stereocenters. The first-order valence-electron chi connectivity index (χ1n) is 8.27. The Morgan fingerprint density at radius 1 is 1.25 bits per heavy atom. The standard InChI is InChI=1S/C19H22BrN3O/c1-13-5-2-3-10-23(13)18-9-8-16(12-17(18)21)22-19(24)14-6-4-7-15(20)11-14/h4,6-9,11-13H,2-3,5,10,21H2,1H3,(H,22,24). The van der Waals surface area contributed by atoms with E-state index in [9.17, 15) is 4.79 Å². The Labute approximate surface area is 151 Å². The summed E-state index contributed by atoms with van der Waals surface area (Å²) in [7, 11) is 0. The second-order valence-electron chi connectivity index (χ2n) is 6.28. The van der Waals surface area contributed by atoms with Gasteiger partial charge in [0.1, 0.15) is 0 Å². The molecule has 1 atom stereocenters. The molecule has 3 N–H and O–H groups in total. The summed E-state index contributed by atoms with van der Waals surface area (Å²) in [6, 6.07) is 13.6. The summed E-state index contributed by atoms with van der Waals surface area (Å²) in [5.41, 5.74) is 9.34. The van der Waals surface area contributed by atoms with Gasteiger partial charge in [0.25, 0.3) is 5.91 Å². The number of nitrogen functional groups attached to an aromatic ring is 1. The van der Waals surface area contributed by atoms with Gasteiger partial charge in [-0.1, -0.05) is 22.0 Å². The third-order valence-corrected chi connectivity index (χ3v) is 4.98. The summed E-state index contributed by atoms with van der Waals surface area (Å²) in [4.78, 5) is 14.7. The van der Waals surface area contributed by atoms with Gasteiger partial charge in [0.15, 0.2) is 0 Å². The number of carbonyl (C=O) groups is 1. The highest BCUT2D eigenvalue weighted by atomic mass is 79.9. The van der Waals surface area contributed by atoms with E-state index in [0.717, 1.165) is 16.7 Å². The Bertz CT molecular complexity index is 747. The number of hydrogen-bond donors (Lipinski definition) is 2. The van der Waals surface area contributed by atoms with Gasteiger partial charge >= 0.3 is 0 Å². The van der Waals surface area contributed by atoms with Crippen LogP contribution in [0.2, 0.25) is 0 Å². The first kappa shape index (κ1) is 16.8. The Morgan fingerprint density at radius 3 is 2.79 bits per heavy atom. The predicted octanol–water partition coefficient (Wildman–Crippen LogP) is 4.66. The van der Waals surface area contributed by atoms with Crippen molar-refractivity contribution >= 4 is 38.9 Å². The number of carbonyl (C=O) groups excluding carboxylic acids is 1. The van der Waals surface area contributed by atoms with Gasteiger partial charge in [-0.15, -0.1) is 0 Å². The maximum atomic E-state index is 12.3. The fraction of sp³-hybridized carbons (Fsp3) is 0.316. The zero-order valence-corrected chi connectivity index (χ0v) is 15.3. The smallest absolute Gasteiger partial charge is 0.255 e. The lowest BCUT2D eigenvalue weighted by Gasteiger charge is -2.36. The SMILES string of the molecule is CC1CCCCN1c1ccc(NC(=O)c2cccc(Br)c2)cc1N. The van der Waals surface area contributed by atoms with Gasteiger partial charge in [0.2, 0.25) is 0 Å². The van der Waals surface area contributed by atoms with E-state index in [-0.39, 0.29) is 5.91 Å². The first-order valence-corrected chi connectivity index (χ1v) is 9.07. The second kappa shape index (κ2) is 7.26. The highest BCUT2D eigenvalue weighted by Gasteiger charge is 2.20. The van der Waals surface area contributed by atoms with Crippen LogP contribution < -0.4 is 16.0 Å². The molecular weight excluding hydrogens is 366 g/mol. The summed E-state index contributed by atoms with van der Waals surface area (Å²) >= 11 is 3.38. The Kier molecular flexibility index (Phi) is 5.09. The average Bonchev–Trinajstić information content (AvgIpc) is 2.56. The molecular formula is C19H22BrN3O. The highest BCUT2D eigenvalue weighted by molar-refractivity contribution is 9.10. The number of benzene rings is 2. The topological polar surface area (TPSA) is 58.4 Å². The van der Waals surface area contributed by atoms with Crippen LogP contribution in [0.15, 0.2) is 46.9 Å². The van der Waals surface area contributed by atoms with Crippen LogP contribution in [-0.4, -0.2) is 18.5 Å². The molecule has 0 radical (unpaired) electrons. The molecule has 2 aromatic rings. The maximum Gasteiger partial charge on any atom is 0.255 e. The van der Waals surface area contributed by atoms with E-state index in [2.05, 4.69) is 33.1 Å². The van der Waals surface area contributed by atoms with Crippen LogP contribution in [0.25, 0.3) is 0 Å². The maximum absolute atomic E-state index is 12.3. The van der Waals surface area contributed by atoms with Crippen LogP contribution in [0.3, 0.4) is 0 Å². The van der Waals surface area contributed by atoms with E-state index >= 15 is 0 Å². The number of nitrogens with one attached hydrogen (secondary N) is 1. The van der Waals surface area contributed by atoms with E-state index in [1.807, 2.05) is 30.3 Å². The zero-order chi connectivity index (χ0) is 17.1. The van der Waals surface area contributed by atoms with E-state index in [0.29, 0.717) is 23.0 Å². The number of hydrogen-bond acceptors (Lipinski definition) is 3. The molecule has 4 nitrogen and oxygen atoms in total. The quantitative estimate of drug-likeness (QED) is 0.752. The Morgan fingerprint density at radius 2 is 2.08 bits per heavy atom. The van der Waals surface area contributed by atoms with Crippen molar-refractivity contribution in [2.75, 3.05) is 22.5 Å². The van der Waals surface area contributed by atoms with Crippen LogP contribution in [-0.2, 0) is 0 Å². The minimum absolute atomic E-state index is 0.144. The Balaban J connectivity index is 1.76. The van der Waals surface area contributed by atoms with Gasteiger partial charge in [-0.2, -0.15) is 0 Å². The van der Waals surface area contributed by atoms with Gasteiger partial charge in [-0.25, -0.2) is 0 Å². The fourth-order valence-electron chi connectivity index (χ4n) is 3.18. The van der Waals surface area contributed by atoms with Crippen molar-refractivity contribution in [3.8, 4) is 0 Å². The van der Waals surface area contributed by atoms with Crippen molar-refractivity contribution in [3.05, 3.63) is 52.5 Å². The molecule has 2 aromatic carbocycles. The lowest BCUT2D eigenvalue weighted by Crippen LogP contribution is -2.37. The van der Waals surface area contributed by atoms with Crippen molar-refractivity contribution in [2.24, 2.45) is 0 Å². The zero-order valence-electron chi connectivity index (χ0n) is 13.8. The molecule has 0 spiro atoms. The molecule has 0 aromatic heterocycles. The third-order valence-electron chi connectivity index (χ3n) is 4.48. The summed E-state index contributed by atoms with van der Waals surface area (Å²) in [5, 5.41) is 2.91. The third kappa shape index (κ3) is 3.73. The molecule has 0 saturated carbocycles. The molecule has 3 rings (SSSR count). The van der Waals surface area contributed by atoms with Crippen LogP contribution in [0, 0.1) is 0 Å². The van der Waals surface area contributed by atoms with Crippen LogP contribution in [0.4, 0.5) is 17.1 Å². The lowest BCUT2D eigenvalue weighted by molar-refractivity contribution is 0.102. The van der Waals surface area contributed by atoms with Crippen molar-refractivity contribution in [3.63, 3.8) is 0 Å². The van der Waals surface area contributed by atoms with Gasteiger partial charge in [0.05, 0.1) is 11.4 Å². The molecule has 1 heterocycles. The van der Waals surface area contributed by atoms with Gasteiger partial charge in [0, 0.05) is 28.3 Å². The van der Waals surface area contributed by atoms with Crippen LogP contribution in [0.5, 0.6) is 0 Å². The van der Waals surface area contributed by atoms with Crippen molar-refractivity contribution in [1.29, 1.82) is 0 Å². The van der Waals surface area contributed by atoms with Crippen molar-refractivity contribution < 1.29 is 4.79 Å². The largest absolute Gasteiger partial charge is 0.397 e. The van der Waals surface area contributed by atoms with E-state index < -0.39 is 0 Å². The number of rotatable bonds is 3. The van der Waals surface area contributed by atoms with Gasteiger partial charge < -0.3 is 16.0 Å². The van der Waals surface area contributed by atoms with E-state index in [1.54, 1.807) is 12.1 Å². The highest BCUT2D eigenvalue weighted by Crippen LogP contribution is 2.31. The van der Waals surface area contributed by atoms with Crippen molar-refractivity contribution in [2.45, 2.75) is 32.2 Å². The molecule has 0 aliphatic carbocycles. The molecule has 0 bridgehead atoms. The fourth-order valence-corrected chi connectivity index (χ4v) is 3.58. The minimum Gasteiger partial charge on any atom is -0.397 e. The van der Waals surface area contributed by atoms with Crippen molar-refractivity contribution in [1.82, 2.24) is 0 Å². The van der Waals surface area contributed by atoms with Crippen LogP contribution >= 0.6 is 15.9 Å².